The topological polar surface area (TPSA) is 12.0 Å². The predicted molar refractivity (Wildman–Crippen MR) is 86.7 cm³/mol. The molecule has 0 saturated carbocycles. The zero-order valence-electron chi connectivity index (χ0n) is 13.2. The predicted octanol–water partition coefficient (Wildman–Crippen LogP) is 5.08. The SMILES string of the molecule is CCC(C)CCNC(c1ccc(F)cc1)c1ccc(F)cc1. The molecule has 1 nitrogen and oxygen atoms in total. The Hall–Kier alpha value is -1.74. The van der Waals surface area contributed by atoms with Gasteiger partial charge in [-0.25, -0.2) is 8.78 Å². The van der Waals surface area contributed by atoms with Crippen molar-refractivity contribution in [3.8, 4) is 0 Å². The first-order valence-electron chi connectivity index (χ1n) is 7.84. The molecule has 22 heavy (non-hydrogen) atoms. The number of rotatable bonds is 7. The molecule has 0 aliphatic heterocycles. The van der Waals surface area contributed by atoms with E-state index in [1.54, 1.807) is 24.3 Å². The van der Waals surface area contributed by atoms with Gasteiger partial charge < -0.3 is 5.32 Å². The highest BCUT2D eigenvalue weighted by Crippen LogP contribution is 2.23. The summed E-state index contributed by atoms with van der Waals surface area (Å²) in [6.45, 7) is 5.28. The van der Waals surface area contributed by atoms with Crippen LogP contribution in [-0.2, 0) is 0 Å². The molecule has 1 atom stereocenters. The van der Waals surface area contributed by atoms with Crippen LogP contribution in [0.1, 0.15) is 43.9 Å². The second-order valence-corrected chi connectivity index (χ2v) is 5.79. The summed E-state index contributed by atoms with van der Waals surface area (Å²) in [5.74, 6) is 0.164. The minimum Gasteiger partial charge on any atom is -0.306 e. The van der Waals surface area contributed by atoms with E-state index in [2.05, 4.69) is 19.2 Å². The van der Waals surface area contributed by atoms with Crippen molar-refractivity contribution in [1.82, 2.24) is 5.32 Å². The van der Waals surface area contributed by atoms with Gasteiger partial charge in [-0.3, -0.25) is 0 Å². The van der Waals surface area contributed by atoms with E-state index in [9.17, 15) is 8.78 Å². The fourth-order valence-corrected chi connectivity index (χ4v) is 2.42. The van der Waals surface area contributed by atoms with Gasteiger partial charge in [0.1, 0.15) is 11.6 Å². The third-order valence-electron chi connectivity index (χ3n) is 4.09. The van der Waals surface area contributed by atoms with Crippen LogP contribution in [0.25, 0.3) is 0 Å². The molecule has 3 heteroatoms. The van der Waals surface area contributed by atoms with Gasteiger partial charge in [0, 0.05) is 0 Å². The van der Waals surface area contributed by atoms with Crippen molar-refractivity contribution in [2.24, 2.45) is 5.92 Å². The first kappa shape index (κ1) is 16.6. The average Bonchev–Trinajstić information content (AvgIpc) is 2.53. The summed E-state index contributed by atoms with van der Waals surface area (Å²) in [6, 6.07) is 12.9. The van der Waals surface area contributed by atoms with Gasteiger partial charge in [0.25, 0.3) is 0 Å². The standard InChI is InChI=1S/C19H23F2N/c1-3-14(2)12-13-22-19(15-4-8-17(20)9-5-15)16-6-10-18(21)11-7-16/h4-11,14,19,22H,3,12-13H2,1-2H3. The van der Waals surface area contributed by atoms with Crippen LogP contribution in [-0.4, -0.2) is 6.54 Å². The molecule has 118 valence electrons. The fourth-order valence-electron chi connectivity index (χ4n) is 2.42. The Morgan fingerprint density at radius 2 is 1.32 bits per heavy atom. The lowest BCUT2D eigenvalue weighted by molar-refractivity contribution is 0.471. The third-order valence-corrected chi connectivity index (χ3v) is 4.09. The van der Waals surface area contributed by atoms with Crippen molar-refractivity contribution in [3.63, 3.8) is 0 Å². The molecular formula is C19H23F2N. The largest absolute Gasteiger partial charge is 0.306 e. The number of hydrogen-bond donors (Lipinski definition) is 1. The molecular weight excluding hydrogens is 280 g/mol. The van der Waals surface area contributed by atoms with Gasteiger partial charge in [-0.2, -0.15) is 0 Å². The summed E-state index contributed by atoms with van der Waals surface area (Å²) < 4.78 is 26.3. The fraction of sp³-hybridized carbons (Fsp3) is 0.368. The number of benzene rings is 2. The summed E-state index contributed by atoms with van der Waals surface area (Å²) in [4.78, 5) is 0. The van der Waals surface area contributed by atoms with Gasteiger partial charge in [-0.15, -0.1) is 0 Å². The van der Waals surface area contributed by atoms with Gasteiger partial charge in [-0.05, 0) is 54.3 Å². The van der Waals surface area contributed by atoms with Crippen LogP contribution < -0.4 is 5.32 Å². The van der Waals surface area contributed by atoms with Gasteiger partial charge >= 0.3 is 0 Å². The smallest absolute Gasteiger partial charge is 0.123 e. The maximum absolute atomic E-state index is 13.1. The number of nitrogens with one attached hydrogen (secondary N) is 1. The Balaban J connectivity index is 2.16. The third kappa shape index (κ3) is 4.63. The van der Waals surface area contributed by atoms with Gasteiger partial charge in [0.15, 0.2) is 0 Å². The average molecular weight is 303 g/mol. The van der Waals surface area contributed by atoms with Crippen LogP contribution in [0.15, 0.2) is 48.5 Å². The van der Waals surface area contributed by atoms with E-state index in [-0.39, 0.29) is 17.7 Å². The van der Waals surface area contributed by atoms with E-state index in [4.69, 9.17) is 0 Å². The highest BCUT2D eigenvalue weighted by molar-refractivity contribution is 5.32. The summed E-state index contributed by atoms with van der Waals surface area (Å²) in [6.07, 6.45) is 2.23. The molecule has 0 spiro atoms. The molecule has 0 fully saturated rings. The van der Waals surface area contributed by atoms with E-state index in [1.165, 1.54) is 24.3 Å². The lowest BCUT2D eigenvalue weighted by Crippen LogP contribution is -2.24. The molecule has 2 aromatic carbocycles. The molecule has 2 aromatic rings. The van der Waals surface area contributed by atoms with Crippen molar-refractivity contribution < 1.29 is 8.78 Å². The molecule has 1 unspecified atom stereocenters. The summed E-state index contributed by atoms with van der Waals surface area (Å²) in [5, 5.41) is 3.51. The Labute approximate surface area is 131 Å². The monoisotopic (exact) mass is 303 g/mol. The zero-order chi connectivity index (χ0) is 15.9. The second-order valence-electron chi connectivity index (χ2n) is 5.79. The Kier molecular flexibility index (Phi) is 6.08. The Morgan fingerprint density at radius 3 is 1.73 bits per heavy atom. The minimum absolute atomic E-state index is 0.0507. The molecule has 0 aliphatic rings. The normalized spacial score (nSPS) is 12.6. The summed E-state index contributed by atoms with van der Waals surface area (Å²) in [5.41, 5.74) is 1.97. The molecule has 0 aliphatic carbocycles. The van der Waals surface area contributed by atoms with E-state index in [0.717, 1.165) is 30.5 Å². The second kappa shape index (κ2) is 8.04. The first-order valence-corrected chi connectivity index (χ1v) is 7.84. The summed E-state index contributed by atoms with van der Waals surface area (Å²) in [7, 11) is 0. The van der Waals surface area contributed by atoms with E-state index in [1.807, 2.05) is 0 Å². The maximum Gasteiger partial charge on any atom is 0.123 e. The highest BCUT2D eigenvalue weighted by Gasteiger charge is 2.14. The Morgan fingerprint density at radius 1 is 0.864 bits per heavy atom. The molecule has 0 amide bonds. The molecule has 2 rings (SSSR count). The molecule has 0 bridgehead atoms. The van der Waals surface area contributed by atoms with Gasteiger partial charge in [0.05, 0.1) is 6.04 Å². The number of halogens is 2. The molecule has 0 saturated heterocycles. The van der Waals surface area contributed by atoms with Crippen LogP contribution in [0.2, 0.25) is 0 Å². The molecule has 1 N–H and O–H groups in total. The summed E-state index contributed by atoms with van der Waals surface area (Å²) >= 11 is 0. The quantitative estimate of drug-likeness (QED) is 0.752. The highest BCUT2D eigenvalue weighted by atomic mass is 19.1. The minimum atomic E-state index is -0.249. The van der Waals surface area contributed by atoms with Crippen LogP contribution >= 0.6 is 0 Å². The number of hydrogen-bond acceptors (Lipinski definition) is 1. The Bertz CT molecular complexity index is 517. The first-order chi connectivity index (χ1) is 10.6. The van der Waals surface area contributed by atoms with Crippen LogP contribution in [0.4, 0.5) is 8.78 Å². The van der Waals surface area contributed by atoms with Crippen LogP contribution in [0.5, 0.6) is 0 Å². The van der Waals surface area contributed by atoms with Crippen molar-refractivity contribution in [2.45, 2.75) is 32.7 Å². The zero-order valence-corrected chi connectivity index (χ0v) is 13.2. The maximum atomic E-state index is 13.1. The van der Waals surface area contributed by atoms with Crippen molar-refractivity contribution in [3.05, 3.63) is 71.3 Å². The van der Waals surface area contributed by atoms with Crippen LogP contribution in [0.3, 0.4) is 0 Å². The van der Waals surface area contributed by atoms with Gasteiger partial charge in [0.2, 0.25) is 0 Å². The van der Waals surface area contributed by atoms with Crippen molar-refractivity contribution >= 4 is 0 Å². The molecule has 0 radical (unpaired) electrons. The van der Waals surface area contributed by atoms with Crippen LogP contribution in [0, 0.1) is 17.6 Å². The van der Waals surface area contributed by atoms with Crippen molar-refractivity contribution in [2.75, 3.05) is 6.54 Å². The lowest BCUT2D eigenvalue weighted by atomic mass is 9.97. The van der Waals surface area contributed by atoms with Crippen molar-refractivity contribution in [1.29, 1.82) is 0 Å². The van der Waals surface area contributed by atoms with Gasteiger partial charge in [-0.1, -0.05) is 44.5 Å². The molecule has 0 aromatic heterocycles. The van der Waals surface area contributed by atoms with E-state index in [0.29, 0.717) is 5.92 Å². The van der Waals surface area contributed by atoms with E-state index < -0.39 is 0 Å². The molecule has 0 heterocycles. The lowest BCUT2D eigenvalue weighted by Gasteiger charge is -2.21. The van der Waals surface area contributed by atoms with E-state index >= 15 is 0 Å².